The van der Waals surface area contributed by atoms with Crippen molar-refractivity contribution in [1.29, 1.82) is 5.26 Å². The molecule has 3 heteroatoms. The number of nitrogens with zero attached hydrogens (tertiary/aromatic N) is 2. The summed E-state index contributed by atoms with van der Waals surface area (Å²) in [6, 6.07) is 2.14. The maximum Gasteiger partial charge on any atom is 0.131 e. The van der Waals surface area contributed by atoms with Gasteiger partial charge in [0.15, 0.2) is 0 Å². The fourth-order valence-corrected chi connectivity index (χ4v) is 1.05. The van der Waals surface area contributed by atoms with Crippen molar-refractivity contribution in [3.63, 3.8) is 0 Å². The molecule has 3 nitrogen and oxygen atoms in total. The van der Waals surface area contributed by atoms with Crippen molar-refractivity contribution < 1.29 is 5.11 Å². The van der Waals surface area contributed by atoms with E-state index in [9.17, 15) is 0 Å². The van der Waals surface area contributed by atoms with E-state index in [-0.39, 0.29) is 6.61 Å². The molecular formula is C8H16N2O. The van der Waals surface area contributed by atoms with Crippen molar-refractivity contribution in [2.24, 2.45) is 0 Å². The number of hydrogen-bond donors (Lipinski definition) is 1. The van der Waals surface area contributed by atoms with E-state index >= 15 is 0 Å². The molecule has 0 heterocycles. The lowest BCUT2D eigenvalue weighted by Gasteiger charge is -2.30. The summed E-state index contributed by atoms with van der Waals surface area (Å²) in [6.07, 6.45) is 1.62. The van der Waals surface area contributed by atoms with Gasteiger partial charge in [-0.25, -0.2) is 0 Å². The zero-order valence-corrected chi connectivity index (χ0v) is 7.46. The molecule has 0 saturated carbocycles. The molecule has 0 aromatic rings. The van der Waals surface area contributed by atoms with Gasteiger partial charge in [-0.15, -0.1) is 0 Å². The lowest BCUT2D eigenvalue weighted by Crippen LogP contribution is -2.46. The Bertz CT molecular complexity index is 151. The minimum absolute atomic E-state index is 0.0929. The number of rotatable bonds is 4. The highest BCUT2D eigenvalue weighted by Gasteiger charge is 2.30. The molecule has 0 amide bonds. The summed E-state index contributed by atoms with van der Waals surface area (Å²) in [7, 11) is 3.63. The maximum absolute atomic E-state index is 9.01. The zero-order chi connectivity index (χ0) is 8.91. The Morgan fingerprint density at radius 2 is 2.09 bits per heavy atom. The normalized spacial score (nSPS) is 16.0. The summed E-state index contributed by atoms with van der Waals surface area (Å²) in [6.45, 7) is 1.91. The summed E-state index contributed by atoms with van der Waals surface area (Å²) in [5.74, 6) is 0. The van der Waals surface area contributed by atoms with E-state index in [2.05, 4.69) is 6.07 Å². The molecule has 0 aliphatic carbocycles. The fraction of sp³-hybridized carbons (Fsp3) is 0.875. The third kappa shape index (κ3) is 2.18. The van der Waals surface area contributed by atoms with E-state index in [4.69, 9.17) is 10.4 Å². The van der Waals surface area contributed by atoms with Gasteiger partial charge < -0.3 is 5.11 Å². The molecule has 0 fully saturated rings. The Kier molecular flexibility index (Phi) is 4.09. The van der Waals surface area contributed by atoms with Crippen LogP contribution in [-0.2, 0) is 0 Å². The summed E-state index contributed by atoms with van der Waals surface area (Å²) in [4.78, 5) is 1.77. The highest BCUT2D eigenvalue weighted by molar-refractivity contribution is 5.06. The van der Waals surface area contributed by atoms with Crippen molar-refractivity contribution in [2.75, 3.05) is 20.7 Å². The minimum Gasteiger partial charge on any atom is -0.393 e. The van der Waals surface area contributed by atoms with E-state index in [1.807, 2.05) is 21.0 Å². The van der Waals surface area contributed by atoms with Crippen LogP contribution in [0.3, 0.4) is 0 Å². The van der Waals surface area contributed by atoms with Gasteiger partial charge in [0.25, 0.3) is 0 Å². The molecule has 11 heavy (non-hydrogen) atoms. The number of aliphatic hydroxyl groups is 1. The average molecular weight is 156 g/mol. The fourth-order valence-electron chi connectivity index (χ4n) is 1.05. The Labute approximate surface area is 68.2 Å². The third-order valence-corrected chi connectivity index (χ3v) is 1.99. The van der Waals surface area contributed by atoms with Crippen molar-refractivity contribution in [3.8, 4) is 6.07 Å². The summed E-state index contributed by atoms with van der Waals surface area (Å²) < 4.78 is 0. The van der Waals surface area contributed by atoms with Crippen LogP contribution in [0.25, 0.3) is 0 Å². The van der Waals surface area contributed by atoms with E-state index in [0.717, 1.165) is 6.42 Å². The van der Waals surface area contributed by atoms with Gasteiger partial charge >= 0.3 is 0 Å². The molecule has 0 saturated heterocycles. The SMILES string of the molecule is CCCC(C#N)(CO)N(C)C. The second kappa shape index (κ2) is 4.32. The molecule has 0 bridgehead atoms. The highest BCUT2D eigenvalue weighted by atomic mass is 16.3. The highest BCUT2D eigenvalue weighted by Crippen LogP contribution is 2.16. The number of aliphatic hydroxyl groups excluding tert-OH is 1. The minimum atomic E-state index is -0.672. The molecule has 0 aliphatic rings. The Morgan fingerprint density at radius 3 is 2.18 bits per heavy atom. The summed E-state index contributed by atoms with van der Waals surface area (Å²) in [5.41, 5.74) is -0.672. The van der Waals surface area contributed by atoms with Crippen LogP contribution < -0.4 is 0 Å². The molecule has 1 N–H and O–H groups in total. The van der Waals surface area contributed by atoms with E-state index < -0.39 is 5.54 Å². The first kappa shape index (κ1) is 10.4. The average Bonchev–Trinajstić information content (AvgIpc) is 2.00. The quantitative estimate of drug-likeness (QED) is 0.648. The van der Waals surface area contributed by atoms with E-state index in [1.165, 1.54) is 0 Å². The lowest BCUT2D eigenvalue weighted by molar-refractivity contribution is 0.106. The third-order valence-electron chi connectivity index (χ3n) is 1.99. The lowest BCUT2D eigenvalue weighted by atomic mass is 9.95. The molecule has 0 aliphatic heterocycles. The van der Waals surface area contributed by atoms with Gasteiger partial charge in [0.1, 0.15) is 5.54 Å². The Morgan fingerprint density at radius 1 is 1.55 bits per heavy atom. The summed E-state index contributed by atoms with van der Waals surface area (Å²) >= 11 is 0. The van der Waals surface area contributed by atoms with Crippen LogP contribution in [-0.4, -0.2) is 36.2 Å². The first-order chi connectivity index (χ1) is 5.13. The molecule has 0 spiro atoms. The molecule has 1 atom stereocenters. The van der Waals surface area contributed by atoms with Crippen LogP contribution in [0.1, 0.15) is 19.8 Å². The standard InChI is InChI=1S/C8H16N2O/c1-4-5-8(6-9,7-11)10(2)3/h11H,4-5,7H2,1-3H3. The zero-order valence-electron chi connectivity index (χ0n) is 7.46. The molecule has 0 aromatic carbocycles. The van der Waals surface area contributed by atoms with Crippen LogP contribution in [0.2, 0.25) is 0 Å². The van der Waals surface area contributed by atoms with Gasteiger partial charge in [0, 0.05) is 0 Å². The smallest absolute Gasteiger partial charge is 0.131 e. The predicted molar refractivity (Wildman–Crippen MR) is 44.0 cm³/mol. The molecule has 0 radical (unpaired) electrons. The molecule has 1 unspecified atom stereocenters. The number of likely N-dealkylation sites (N-methyl/N-ethyl adjacent to an activating group) is 1. The second-order valence-corrected chi connectivity index (χ2v) is 2.95. The van der Waals surface area contributed by atoms with Crippen LogP contribution in [0.4, 0.5) is 0 Å². The van der Waals surface area contributed by atoms with Crippen LogP contribution in [0, 0.1) is 11.3 Å². The Balaban J connectivity index is 4.36. The van der Waals surface area contributed by atoms with Gasteiger partial charge in [0.05, 0.1) is 12.7 Å². The van der Waals surface area contributed by atoms with Crippen molar-refractivity contribution in [2.45, 2.75) is 25.3 Å². The van der Waals surface area contributed by atoms with Crippen LogP contribution >= 0.6 is 0 Å². The van der Waals surface area contributed by atoms with Gasteiger partial charge in [-0.3, -0.25) is 4.90 Å². The molecular weight excluding hydrogens is 140 g/mol. The maximum atomic E-state index is 9.01. The van der Waals surface area contributed by atoms with Crippen LogP contribution in [0.5, 0.6) is 0 Å². The largest absolute Gasteiger partial charge is 0.393 e. The van der Waals surface area contributed by atoms with Gasteiger partial charge in [-0.05, 0) is 20.5 Å². The molecule has 64 valence electrons. The second-order valence-electron chi connectivity index (χ2n) is 2.95. The van der Waals surface area contributed by atoms with E-state index in [0.29, 0.717) is 6.42 Å². The predicted octanol–water partition coefficient (Wildman–Crippen LogP) is 0.603. The van der Waals surface area contributed by atoms with Gasteiger partial charge in [0.2, 0.25) is 0 Å². The van der Waals surface area contributed by atoms with E-state index in [1.54, 1.807) is 4.90 Å². The van der Waals surface area contributed by atoms with Crippen LogP contribution in [0.15, 0.2) is 0 Å². The first-order valence-corrected chi connectivity index (χ1v) is 3.82. The van der Waals surface area contributed by atoms with Gasteiger partial charge in [-0.1, -0.05) is 13.3 Å². The van der Waals surface area contributed by atoms with Crippen molar-refractivity contribution in [1.82, 2.24) is 4.90 Å². The first-order valence-electron chi connectivity index (χ1n) is 3.82. The summed E-state index contributed by atoms with van der Waals surface area (Å²) in [5, 5.41) is 17.8. The number of hydrogen-bond acceptors (Lipinski definition) is 3. The monoisotopic (exact) mass is 156 g/mol. The van der Waals surface area contributed by atoms with Gasteiger partial charge in [-0.2, -0.15) is 5.26 Å². The van der Waals surface area contributed by atoms with Crippen molar-refractivity contribution >= 4 is 0 Å². The Hall–Kier alpha value is -0.590. The molecule has 0 rings (SSSR count). The topological polar surface area (TPSA) is 47.3 Å². The number of nitriles is 1. The van der Waals surface area contributed by atoms with Crippen molar-refractivity contribution in [3.05, 3.63) is 0 Å². The molecule has 0 aromatic heterocycles.